The van der Waals surface area contributed by atoms with Crippen molar-refractivity contribution in [3.8, 4) is 17.2 Å². The summed E-state index contributed by atoms with van der Waals surface area (Å²) in [5.74, 6) is 2.15. The van der Waals surface area contributed by atoms with Crippen molar-refractivity contribution in [3.05, 3.63) is 41.5 Å². The van der Waals surface area contributed by atoms with Crippen LogP contribution in [-0.4, -0.2) is 23.9 Å². The van der Waals surface area contributed by atoms with Gasteiger partial charge in [-0.1, -0.05) is 0 Å². The third kappa shape index (κ3) is 2.42. The molecule has 5 nitrogen and oxygen atoms in total. The molecule has 1 aliphatic heterocycles. The molecule has 0 unspecified atom stereocenters. The maximum atomic E-state index is 5.37. The van der Waals surface area contributed by atoms with Gasteiger partial charge in [0.15, 0.2) is 11.5 Å². The molecular weight excluding hydrogens is 256 g/mol. The van der Waals surface area contributed by atoms with Crippen molar-refractivity contribution in [1.29, 1.82) is 0 Å². The fourth-order valence-corrected chi connectivity index (χ4v) is 1.98. The van der Waals surface area contributed by atoms with Gasteiger partial charge in [-0.3, -0.25) is 9.97 Å². The highest BCUT2D eigenvalue weighted by molar-refractivity contribution is 5.73. The van der Waals surface area contributed by atoms with Crippen molar-refractivity contribution in [3.63, 3.8) is 0 Å². The smallest absolute Gasteiger partial charge is 0.231 e. The highest BCUT2D eigenvalue weighted by Gasteiger charge is 2.16. The summed E-state index contributed by atoms with van der Waals surface area (Å²) in [5, 5.41) is 0. The van der Waals surface area contributed by atoms with Gasteiger partial charge in [-0.05, 0) is 25.1 Å². The summed E-state index contributed by atoms with van der Waals surface area (Å²) in [6.07, 6.45) is 7.24. The van der Waals surface area contributed by atoms with Crippen molar-refractivity contribution in [1.82, 2.24) is 9.97 Å². The molecule has 2 heterocycles. The van der Waals surface area contributed by atoms with E-state index >= 15 is 0 Å². The Hall–Kier alpha value is -2.56. The van der Waals surface area contributed by atoms with Crippen LogP contribution in [0.3, 0.4) is 0 Å². The van der Waals surface area contributed by atoms with Crippen LogP contribution >= 0.6 is 0 Å². The molecule has 0 N–H and O–H groups in total. The Morgan fingerprint density at radius 3 is 2.70 bits per heavy atom. The van der Waals surface area contributed by atoms with Gasteiger partial charge in [0.1, 0.15) is 5.75 Å². The van der Waals surface area contributed by atoms with Gasteiger partial charge in [0.05, 0.1) is 24.7 Å². The minimum Gasteiger partial charge on any atom is -0.496 e. The van der Waals surface area contributed by atoms with Gasteiger partial charge in [-0.15, -0.1) is 0 Å². The minimum absolute atomic E-state index is 0.245. The van der Waals surface area contributed by atoms with Gasteiger partial charge < -0.3 is 14.2 Å². The second kappa shape index (κ2) is 5.21. The number of methoxy groups -OCH3 is 1. The fourth-order valence-electron chi connectivity index (χ4n) is 1.98. The second-order valence-electron chi connectivity index (χ2n) is 4.37. The average Bonchev–Trinajstić information content (AvgIpc) is 2.91. The number of rotatable bonds is 3. The molecule has 3 rings (SSSR count). The number of benzene rings is 1. The number of hydrogen-bond acceptors (Lipinski definition) is 5. The molecule has 0 radical (unpaired) electrons. The van der Waals surface area contributed by atoms with Crippen molar-refractivity contribution >= 4 is 12.2 Å². The average molecular weight is 270 g/mol. The standard InChI is InChI=1S/C15H14N2O3/c1-10-7-16-8-12(17-10)4-3-11-5-14-15(20-9-19-14)6-13(11)18-2/h3-8H,9H2,1-2H3. The Bertz CT molecular complexity index is 668. The van der Waals surface area contributed by atoms with E-state index in [1.165, 1.54) is 0 Å². The lowest BCUT2D eigenvalue weighted by Gasteiger charge is -2.06. The molecule has 0 saturated heterocycles. The van der Waals surface area contributed by atoms with Crippen LogP contribution in [-0.2, 0) is 0 Å². The van der Waals surface area contributed by atoms with Crippen molar-refractivity contribution in [2.24, 2.45) is 0 Å². The Balaban J connectivity index is 1.94. The zero-order valence-electron chi connectivity index (χ0n) is 11.3. The van der Waals surface area contributed by atoms with Gasteiger partial charge >= 0.3 is 0 Å². The summed E-state index contributed by atoms with van der Waals surface area (Å²) in [4.78, 5) is 8.48. The SMILES string of the molecule is COc1cc2c(cc1C=Cc1cncc(C)n1)OCO2. The molecule has 0 saturated carbocycles. The molecule has 1 aromatic heterocycles. The van der Waals surface area contributed by atoms with Crippen LogP contribution in [0.25, 0.3) is 12.2 Å². The van der Waals surface area contributed by atoms with E-state index in [9.17, 15) is 0 Å². The molecule has 0 spiro atoms. The summed E-state index contributed by atoms with van der Waals surface area (Å²) in [6.45, 7) is 2.15. The van der Waals surface area contributed by atoms with Crippen LogP contribution in [0, 0.1) is 6.92 Å². The van der Waals surface area contributed by atoms with Crippen LogP contribution < -0.4 is 14.2 Å². The summed E-state index contributed by atoms with van der Waals surface area (Å²) in [6, 6.07) is 3.71. The molecule has 0 atom stereocenters. The first kappa shape index (κ1) is 12.5. The zero-order chi connectivity index (χ0) is 13.9. The topological polar surface area (TPSA) is 53.5 Å². The Morgan fingerprint density at radius 2 is 1.95 bits per heavy atom. The highest BCUT2D eigenvalue weighted by Crippen LogP contribution is 2.38. The Labute approximate surface area is 116 Å². The van der Waals surface area contributed by atoms with E-state index in [2.05, 4.69) is 9.97 Å². The molecule has 5 heteroatoms. The predicted octanol–water partition coefficient (Wildman–Crippen LogP) is 2.69. The summed E-state index contributed by atoms with van der Waals surface area (Å²) in [7, 11) is 1.63. The molecular formula is C15H14N2O3. The van der Waals surface area contributed by atoms with E-state index in [4.69, 9.17) is 14.2 Å². The van der Waals surface area contributed by atoms with Gasteiger partial charge in [-0.25, -0.2) is 0 Å². The predicted molar refractivity (Wildman–Crippen MR) is 74.8 cm³/mol. The van der Waals surface area contributed by atoms with Crippen molar-refractivity contribution < 1.29 is 14.2 Å². The minimum atomic E-state index is 0.245. The van der Waals surface area contributed by atoms with Crippen LogP contribution in [0.15, 0.2) is 24.5 Å². The monoisotopic (exact) mass is 270 g/mol. The van der Waals surface area contributed by atoms with Crippen LogP contribution in [0.1, 0.15) is 17.0 Å². The highest BCUT2D eigenvalue weighted by atomic mass is 16.7. The summed E-state index contributed by atoms with van der Waals surface area (Å²) in [5.41, 5.74) is 2.58. The molecule has 0 bridgehead atoms. The molecule has 20 heavy (non-hydrogen) atoms. The maximum Gasteiger partial charge on any atom is 0.231 e. The third-order valence-corrected chi connectivity index (χ3v) is 2.93. The van der Waals surface area contributed by atoms with Gasteiger partial charge in [0.2, 0.25) is 6.79 Å². The van der Waals surface area contributed by atoms with Crippen LogP contribution in [0.5, 0.6) is 17.2 Å². The molecule has 0 amide bonds. The summed E-state index contributed by atoms with van der Waals surface area (Å²) < 4.78 is 16.1. The molecule has 0 fully saturated rings. The Kier molecular flexibility index (Phi) is 3.25. The molecule has 1 aromatic carbocycles. The fraction of sp³-hybridized carbons (Fsp3) is 0.200. The van der Waals surface area contributed by atoms with Gasteiger partial charge in [0, 0.05) is 17.8 Å². The second-order valence-corrected chi connectivity index (χ2v) is 4.37. The first-order chi connectivity index (χ1) is 9.76. The number of ether oxygens (including phenoxy) is 3. The van der Waals surface area contributed by atoms with E-state index in [1.807, 2.05) is 31.2 Å². The summed E-state index contributed by atoms with van der Waals surface area (Å²) >= 11 is 0. The van der Waals surface area contributed by atoms with E-state index < -0.39 is 0 Å². The number of fused-ring (bicyclic) bond motifs is 1. The van der Waals surface area contributed by atoms with E-state index in [0.717, 1.165) is 28.5 Å². The third-order valence-electron chi connectivity index (χ3n) is 2.93. The molecule has 1 aliphatic rings. The maximum absolute atomic E-state index is 5.37. The Morgan fingerprint density at radius 1 is 1.15 bits per heavy atom. The molecule has 2 aromatic rings. The van der Waals surface area contributed by atoms with Crippen molar-refractivity contribution in [2.75, 3.05) is 13.9 Å². The van der Waals surface area contributed by atoms with Gasteiger partial charge in [-0.2, -0.15) is 0 Å². The van der Waals surface area contributed by atoms with E-state index in [0.29, 0.717) is 5.75 Å². The number of nitrogens with zero attached hydrogens (tertiary/aromatic N) is 2. The molecule has 0 aliphatic carbocycles. The van der Waals surface area contributed by atoms with Crippen LogP contribution in [0.2, 0.25) is 0 Å². The number of hydrogen-bond donors (Lipinski definition) is 0. The number of aromatic nitrogens is 2. The normalized spacial score (nSPS) is 12.9. The van der Waals surface area contributed by atoms with Gasteiger partial charge in [0.25, 0.3) is 0 Å². The quantitative estimate of drug-likeness (QED) is 0.858. The van der Waals surface area contributed by atoms with E-state index in [-0.39, 0.29) is 6.79 Å². The van der Waals surface area contributed by atoms with E-state index in [1.54, 1.807) is 19.5 Å². The lowest BCUT2D eigenvalue weighted by Crippen LogP contribution is -1.92. The zero-order valence-corrected chi connectivity index (χ0v) is 11.3. The lowest BCUT2D eigenvalue weighted by atomic mass is 10.1. The molecule has 102 valence electrons. The van der Waals surface area contributed by atoms with Crippen LogP contribution in [0.4, 0.5) is 0 Å². The van der Waals surface area contributed by atoms with Crippen molar-refractivity contribution in [2.45, 2.75) is 6.92 Å². The number of aryl methyl sites for hydroxylation is 1. The first-order valence-corrected chi connectivity index (χ1v) is 6.20. The lowest BCUT2D eigenvalue weighted by molar-refractivity contribution is 0.174. The first-order valence-electron chi connectivity index (χ1n) is 6.20. The largest absolute Gasteiger partial charge is 0.496 e.